The Kier molecular flexibility index (Phi) is 4.24. The van der Waals surface area contributed by atoms with Crippen molar-refractivity contribution >= 4 is 11.9 Å². The molecule has 0 atom stereocenters. The van der Waals surface area contributed by atoms with Gasteiger partial charge in [0, 0.05) is 5.56 Å². The van der Waals surface area contributed by atoms with Gasteiger partial charge in [-0.3, -0.25) is 0 Å². The van der Waals surface area contributed by atoms with E-state index in [0.717, 1.165) is 0 Å². The summed E-state index contributed by atoms with van der Waals surface area (Å²) in [6.45, 7) is 2.27. The molecule has 0 saturated heterocycles. The van der Waals surface area contributed by atoms with Crippen molar-refractivity contribution in [2.75, 3.05) is 20.8 Å². The van der Waals surface area contributed by atoms with E-state index in [1.165, 1.54) is 13.4 Å². The lowest BCUT2D eigenvalue weighted by Crippen LogP contribution is -2.06. The minimum absolute atomic E-state index is 0.136. The number of hydrogen-bond donors (Lipinski definition) is 0. The van der Waals surface area contributed by atoms with Crippen LogP contribution in [0.4, 0.5) is 0 Å². The number of aliphatic imine (C=N–C) groups is 1. The molecule has 1 aliphatic rings. The van der Waals surface area contributed by atoms with Crippen LogP contribution in [-0.2, 0) is 14.3 Å². The maximum Gasteiger partial charge on any atom is 0.367 e. The fraction of sp³-hybridized carbons (Fsp3) is 0.286. The van der Waals surface area contributed by atoms with Crippen LogP contribution < -0.4 is 9.47 Å². The first-order valence-electron chi connectivity index (χ1n) is 6.04. The topological polar surface area (TPSA) is 66.3 Å². The lowest BCUT2D eigenvalue weighted by atomic mass is 10.2. The summed E-state index contributed by atoms with van der Waals surface area (Å²) in [5.41, 5.74) is 0.757. The minimum Gasteiger partial charge on any atom is -0.499 e. The van der Waals surface area contributed by atoms with E-state index in [1.54, 1.807) is 25.3 Å². The number of nitrogens with zero attached hydrogens (tertiary/aromatic N) is 1. The van der Waals surface area contributed by atoms with Gasteiger partial charge in [0.05, 0.1) is 20.8 Å². The SMILES string of the molecule is CCO/C=C1/N=C(c2ccc(OC)c(OC)c2)OC1=O. The van der Waals surface area contributed by atoms with Crippen LogP contribution in [0.3, 0.4) is 0 Å². The highest BCUT2D eigenvalue weighted by molar-refractivity contribution is 6.11. The monoisotopic (exact) mass is 277 g/mol. The molecule has 0 aliphatic carbocycles. The number of hydrogen-bond acceptors (Lipinski definition) is 6. The molecule has 6 nitrogen and oxygen atoms in total. The van der Waals surface area contributed by atoms with Gasteiger partial charge < -0.3 is 18.9 Å². The molecule has 106 valence electrons. The third-order valence-corrected chi connectivity index (χ3v) is 2.61. The second-order valence-electron chi connectivity index (χ2n) is 3.83. The number of rotatable bonds is 5. The van der Waals surface area contributed by atoms with Crippen LogP contribution in [0.15, 0.2) is 35.2 Å². The molecule has 6 heteroatoms. The molecular weight excluding hydrogens is 262 g/mol. The van der Waals surface area contributed by atoms with Crippen LogP contribution in [0.1, 0.15) is 12.5 Å². The number of benzene rings is 1. The molecule has 1 heterocycles. The zero-order chi connectivity index (χ0) is 14.5. The molecule has 0 fully saturated rings. The van der Waals surface area contributed by atoms with E-state index >= 15 is 0 Å². The molecule has 0 saturated carbocycles. The number of carbonyl (C=O) groups is 1. The quantitative estimate of drug-likeness (QED) is 0.467. The van der Waals surface area contributed by atoms with Gasteiger partial charge in [-0.15, -0.1) is 0 Å². The van der Waals surface area contributed by atoms with Crippen molar-refractivity contribution in [1.29, 1.82) is 0 Å². The lowest BCUT2D eigenvalue weighted by Gasteiger charge is -2.08. The highest BCUT2D eigenvalue weighted by atomic mass is 16.6. The van der Waals surface area contributed by atoms with Gasteiger partial charge >= 0.3 is 5.97 Å². The van der Waals surface area contributed by atoms with Crippen molar-refractivity contribution in [1.82, 2.24) is 0 Å². The average molecular weight is 277 g/mol. The molecule has 0 aromatic heterocycles. The molecule has 1 aromatic carbocycles. The van der Waals surface area contributed by atoms with Crippen LogP contribution in [0.2, 0.25) is 0 Å². The Morgan fingerprint density at radius 2 is 2.00 bits per heavy atom. The van der Waals surface area contributed by atoms with Crippen molar-refractivity contribution < 1.29 is 23.7 Å². The van der Waals surface area contributed by atoms with Gasteiger partial charge in [-0.2, -0.15) is 0 Å². The number of cyclic esters (lactones) is 1. The summed E-state index contributed by atoms with van der Waals surface area (Å²) in [5, 5.41) is 0. The molecule has 0 N–H and O–H groups in total. The maximum atomic E-state index is 11.6. The standard InChI is InChI=1S/C14H15NO5/c1-4-19-8-10-14(16)20-13(15-10)9-5-6-11(17-2)12(7-9)18-3/h5-8H,4H2,1-3H3/b10-8+. The molecule has 1 aliphatic heterocycles. The summed E-state index contributed by atoms with van der Waals surface area (Å²) in [4.78, 5) is 15.7. The Balaban J connectivity index is 2.31. The molecule has 2 rings (SSSR count). The lowest BCUT2D eigenvalue weighted by molar-refractivity contribution is -0.130. The molecular formula is C14H15NO5. The van der Waals surface area contributed by atoms with E-state index in [1.807, 2.05) is 6.92 Å². The first-order valence-corrected chi connectivity index (χ1v) is 6.04. The largest absolute Gasteiger partial charge is 0.499 e. The van der Waals surface area contributed by atoms with Crippen molar-refractivity contribution in [3.63, 3.8) is 0 Å². The highest BCUT2D eigenvalue weighted by Crippen LogP contribution is 2.29. The van der Waals surface area contributed by atoms with E-state index in [-0.39, 0.29) is 11.6 Å². The third-order valence-electron chi connectivity index (χ3n) is 2.61. The van der Waals surface area contributed by atoms with Crippen LogP contribution in [0.5, 0.6) is 11.5 Å². The van der Waals surface area contributed by atoms with Gasteiger partial charge in [-0.25, -0.2) is 9.79 Å². The van der Waals surface area contributed by atoms with E-state index < -0.39 is 5.97 Å². The molecule has 0 amide bonds. The van der Waals surface area contributed by atoms with Crippen molar-refractivity contribution in [2.24, 2.45) is 4.99 Å². The fourth-order valence-electron chi connectivity index (χ4n) is 1.65. The molecule has 0 unspecified atom stereocenters. The molecule has 1 aromatic rings. The van der Waals surface area contributed by atoms with Crippen molar-refractivity contribution in [3.05, 3.63) is 35.7 Å². The third kappa shape index (κ3) is 2.74. The summed E-state index contributed by atoms with van der Waals surface area (Å²) < 4.78 is 20.5. The second-order valence-corrected chi connectivity index (χ2v) is 3.83. The number of carbonyl (C=O) groups excluding carboxylic acids is 1. The fourth-order valence-corrected chi connectivity index (χ4v) is 1.65. The smallest absolute Gasteiger partial charge is 0.367 e. The summed E-state index contributed by atoms with van der Waals surface area (Å²) in [6, 6.07) is 5.14. The van der Waals surface area contributed by atoms with Gasteiger partial charge in [0.15, 0.2) is 17.2 Å². The number of ether oxygens (including phenoxy) is 4. The molecule has 0 bridgehead atoms. The highest BCUT2D eigenvalue weighted by Gasteiger charge is 2.25. The molecule has 0 radical (unpaired) electrons. The molecule has 0 spiro atoms. The summed E-state index contributed by atoms with van der Waals surface area (Å²) >= 11 is 0. The van der Waals surface area contributed by atoms with Crippen LogP contribution in [0, 0.1) is 0 Å². The maximum absolute atomic E-state index is 11.6. The van der Waals surface area contributed by atoms with E-state index in [4.69, 9.17) is 18.9 Å². The Bertz CT molecular complexity index is 577. The van der Waals surface area contributed by atoms with Gasteiger partial charge in [0.25, 0.3) is 0 Å². The summed E-state index contributed by atoms with van der Waals surface area (Å²) in [5.74, 6) is 0.794. The van der Waals surface area contributed by atoms with E-state index in [2.05, 4.69) is 4.99 Å². The number of esters is 1. The second kappa shape index (κ2) is 6.10. The zero-order valence-electron chi connectivity index (χ0n) is 11.5. The molecule has 20 heavy (non-hydrogen) atoms. The van der Waals surface area contributed by atoms with Gasteiger partial charge in [0.1, 0.15) is 6.26 Å². The predicted molar refractivity (Wildman–Crippen MR) is 71.9 cm³/mol. The normalized spacial score (nSPS) is 15.8. The van der Waals surface area contributed by atoms with Gasteiger partial charge in [-0.05, 0) is 25.1 Å². The van der Waals surface area contributed by atoms with Crippen LogP contribution >= 0.6 is 0 Å². The van der Waals surface area contributed by atoms with Gasteiger partial charge in [-0.1, -0.05) is 0 Å². The summed E-state index contributed by atoms with van der Waals surface area (Å²) in [7, 11) is 3.08. The van der Waals surface area contributed by atoms with E-state index in [9.17, 15) is 4.79 Å². The Labute approximate surface area is 116 Å². The Hall–Kier alpha value is -2.50. The van der Waals surface area contributed by atoms with Crippen LogP contribution in [0.25, 0.3) is 0 Å². The zero-order valence-corrected chi connectivity index (χ0v) is 11.5. The van der Waals surface area contributed by atoms with Crippen molar-refractivity contribution in [3.8, 4) is 11.5 Å². The van der Waals surface area contributed by atoms with Crippen molar-refractivity contribution in [2.45, 2.75) is 6.92 Å². The van der Waals surface area contributed by atoms with E-state index in [0.29, 0.717) is 23.7 Å². The first kappa shape index (κ1) is 13.9. The van der Waals surface area contributed by atoms with Gasteiger partial charge in [0.2, 0.25) is 5.90 Å². The minimum atomic E-state index is -0.539. The Morgan fingerprint density at radius 3 is 2.65 bits per heavy atom. The number of methoxy groups -OCH3 is 2. The Morgan fingerprint density at radius 1 is 1.25 bits per heavy atom. The van der Waals surface area contributed by atoms with Crippen LogP contribution in [-0.4, -0.2) is 32.7 Å². The average Bonchev–Trinajstić information content (AvgIpc) is 2.85. The first-order chi connectivity index (χ1) is 9.69. The summed E-state index contributed by atoms with van der Waals surface area (Å²) in [6.07, 6.45) is 1.29. The predicted octanol–water partition coefficient (Wildman–Crippen LogP) is 1.89.